The lowest BCUT2D eigenvalue weighted by Gasteiger charge is -2.25. The molecule has 0 saturated carbocycles. The van der Waals surface area contributed by atoms with Gasteiger partial charge in [0, 0.05) is 11.5 Å². The third-order valence-electron chi connectivity index (χ3n) is 6.07. The van der Waals surface area contributed by atoms with E-state index in [1.165, 1.54) is 24.0 Å². The average molecular weight is 426 g/mol. The minimum absolute atomic E-state index is 0.126. The van der Waals surface area contributed by atoms with Gasteiger partial charge in [-0.3, -0.25) is 9.59 Å². The number of fused-ring (bicyclic) bond motifs is 3. The van der Waals surface area contributed by atoms with Crippen molar-refractivity contribution in [1.82, 2.24) is 0 Å². The highest BCUT2D eigenvalue weighted by Crippen LogP contribution is 2.43. The molecule has 0 radical (unpaired) electrons. The van der Waals surface area contributed by atoms with Crippen molar-refractivity contribution in [1.29, 1.82) is 0 Å². The van der Waals surface area contributed by atoms with Gasteiger partial charge in [-0.2, -0.15) is 0 Å². The number of hydrogen-bond acceptors (Lipinski definition) is 5. The van der Waals surface area contributed by atoms with E-state index in [1.54, 1.807) is 24.3 Å². The second kappa shape index (κ2) is 7.68. The molecule has 0 spiro atoms. The Balaban J connectivity index is 1.68. The number of phenolic OH excluding ortho intramolecular Hbond substituents is 1. The number of phenols is 1. The highest BCUT2D eigenvalue weighted by atomic mass is 16.5. The van der Waals surface area contributed by atoms with Gasteiger partial charge in [-0.1, -0.05) is 50.2 Å². The van der Waals surface area contributed by atoms with Gasteiger partial charge in [0.05, 0.1) is 17.4 Å². The van der Waals surface area contributed by atoms with Crippen LogP contribution in [0.15, 0.2) is 76.1 Å². The normalized spacial score (nSPS) is 15.6. The molecule has 1 aromatic heterocycles. The van der Waals surface area contributed by atoms with E-state index < -0.39 is 0 Å². The lowest BCUT2D eigenvalue weighted by molar-refractivity contribution is -0.135. The highest BCUT2D eigenvalue weighted by Gasteiger charge is 2.32. The summed E-state index contributed by atoms with van der Waals surface area (Å²) in [6.07, 6.45) is 1.61. The number of hydrogen-bond donors (Lipinski definition) is 1. The predicted molar refractivity (Wildman–Crippen MR) is 122 cm³/mol. The van der Waals surface area contributed by atoms with Crippen molar-refractivity contribution in [3.63, 3.8) is 0 Å². The largest absolute Gasteiger partial charge is 0.508 e. The summed E-state index contributed by atoms with van der Waals surface area (Å²) in [5.41, 5.74) is 4.23. The molecule has 0 aliphatic carbocycles. The number of aromatic hydroxyl groups is 1. The van der Waals surface area contributed by atoms with Crippen molar-refractivity contribution in [3.8, 4) is 22.6 Å². The number of ether oxygens (including phenoxy) is 1. The number of rotatable bonds is 3. The molecule has 3 aromatic carbocycles. The summed E-state index contributed by atoms with van der Waals surface area (Å²) in [6, 6.07) is 17.9. The van der Waals surface area contributed by atoms with Crippen molar-refractivity contribution in [2.45, 2.75) is 32.1 Å². The minimum Gasteiger partial charge on any atom is -0.508 e. The number of esters is 1. The molecule has 0 fully saturated rings. The summed E-state index contributed by atoms with van der Waals surface area (Å²) >= 11 is 0. The van der Waals surface area contributed by atoms with Crippen LogP contribution >= 0.6 is 0 Å². The molecular weight excluding hydrogens is 404 g/mol. The molecule has 0 bridgehead atoms. The summed E-state index contributed by atoms with van der Waals surface area (Å²) < 4.78 is 11.5. The molecule has 5 heteroatoms. The lowest BCUT2D eigenvalue weighted by Crippen LogP contribution is -2.22. The Morgan fingerprint density at radius 2 is 1.66 bits per heavy atom. The van der Waals surface area contributed by atoms with E-state index in [2.05, 4.69) is 26.0 Å². The molecule has 0 saturated heterocycles. The van der Waals surface area contributed by atoms with E-state index in [1.807, 2.05) is 12.1 Å². The van der Waals surface area contributed by atoms with Gasteiger partial charge in [-0.25, -0.2) is 0 Å². The smallest absolute Gasteiger partial charge is 0.312 e. The van der Waals surface area contributed by atoms with Crippen LogP contribution < -0.4 is 10.2 Å². The summed E-state index contributed by atoms with van der Waals surface area (Å²) in [5.74, 6) is 0.384. The Kier molecular flexibility index (Phi) is 4.82. The SMILES string of the molecule is CC(C)c1ccc([C@@H]2CC(=O)Oc3ccc4c(=O)c(-c5ccc(O)cc5)coc4c32)cc1. The van der Waals surface area contributed by atoms with Gasteiger partial charge >= 0.3 is 5.97 Å². The topological polar surface area (TPSA) is 76.7 Å². The predicted octanol–water partition coefficient (Wildman–Crippen LogP) is 5.73. The maximum atomic E-state index is 13.3. The van der Waals surface area contributed by atoms with E-state index in [9.17, 15) is 14.7 Å². The van der Waals surface area contributed by atoms with Gasteiger partial charge in [0.15, 0.2) is 0 Å². The molecule has 5 nitrogen and oxygen atoms in total. The zero-order chi connectivity index (χ0) is 22.4. The maximum absolute atomic E-state index is 13.3. The molecule has 5 rings (SSSR count). The van der Waals surface area contributed by atoms with Gasteiger partial charge in [0.2, 0.25) is 5.43 Å². The van der Waals surface area contributed by atoms with Crippen LogP contribution in [-0.2, 0) is 4.79 Å². The fourth-order valence-electron chi connectivity index (χ4n) is 4.29. The minimum atomic E-state index is -0.308. The Hall–Kier alpha value is -3.86. The Morgan fingerprint density at radius 3 is 2.34 bits per heavy atom. The monoisotopic (exact) mass is 426 g/mol. The molecule has 1 N–H and O–H groups in total. The van der Waals surface area contributed by atoms with Crippen LogP contribution in [0.25, 0.3) is 22.1 Å². The fourth-order valence-corrected chi connectivity index (χ4v) is 4.29. The first-order chi connectivity index (χ1) is 15.4. The van der Waals surface area contributed by atoms with Gasteiger partial charge in [0.1, 0.15) is 23.3 Å². The molecule has 0 amide bonds. The van der Waals surface area contributed by atoms with Crippen molar-refractivity contribution in [3.05, 3.63) is 93.8 Å². The Labute approximate surface area is 184 Å². The number of benzene rings is 3. The van der Waals surface area contributed by atoms with Crippen LogP contribution in [-0.4, -0.2) is 11.1 Å². The highest BCUT2D eigenvalue weighted by molar-refractivity contribution is 5.90. The number of carbonyl (C=O) groups excluding carboxylic acids is 1. The fraction of sp³-hybridized carbons (Fsp3) is 0.185. The van der Waals surface area contributed by atoms with E-state index >= 15 is 0 Å². The van der Waals surface area contributed by atoms with Crippen LogP contribution in [0.2, 0.25) is 0 Å². The van der Waals surface area contributed by atoms with Gasteiger partial charge < -0.3 is 14.3 Å². The second-order valence-corrected chi connectivity index (χ2v) is 8.43. The van der Waals surface area contributed by atoms with Gasteiger partial charge in [-0.15, -0.1) is 0 Å². The van der Waals surface area contributed by atoms with Gasteiger partial charge in [-0.05, 0) is 46.9 Å². The Bertz CT molecular complexity index is 1380. The maximum Gasteiger partial charge on any atom is 0.312 e. The average Bonchev–Trinajstić information content (AvgIpc) is 2.79. The summed E-state index contributed by atoms with van der Waals surface area (Å²) in [6.45, 7) is 4.27. The summed E-state index contributed by atoms with van der Waals surface area (Å²) in [4.78, 5) is 25.6. The zero-order valence-electron chi connectivity index (χ0n) is 17.8. The molecule has 2 heterocycles. The first kappa shape index (κ1) is 20.1. The van der Waals surface area contributed by atoms with E-state index in [0.717, 1.165) is 5.56 Å². The van der Waals surface area contributed by atoms with E-state index in [-0.39, 0.29) is 29.5 Å². The quantitative estimate of drug-likeness (QED) is 0.334. The van der Waals surface area contributed by atoms with E-state index in [4.69, 9.17) is 9.15 Å². The van der Waals surface area contributed by atoms with Crippen LogP contribution in [0.1, 0.15) is 48.8 Å². The van der Waals surface area contributed by atoms with Crippen molar-refractivity contribution in [2.24, 2.45) is 0 Å². The summed E-state index contributed by atoms with van der Waals surface area (Å²) in [7, 11) is 0. The molecule has 1 aliphatic rings. The molecule has 160 valence electrons. The van der Waals surface area contributed by atoms with Crippen molar-refractivity contribution in [2.75, 3.05) is 0 Å². The molecule has 4 aromatic rings. The Morgan fingerprint density at radius 1 is 0.938 bits per heavy atom. The molecule has 32 heavy (non-hydrogen) atoms. The van der Waals surface area contributed by atoms with Crippen LogP contribution in [0, 0.1) is 0 Å². The molecular formula is C27H22O5. The van der Waals surface area contributed by atoms with Crippen molar-refractivity contribution >= 4 is 16.9 Å². The van der Waals surface area contributed by atoms with E-state index in [0.29, 0.717) is 39.3 Å². The van der Waals surface area contributed by atoms with Gasteiger partial charge in [0.25, 0.3) is 0 Å². The van der Waals surface area contributed by atoms with Crippen molar-refractivity contribution < 1.29 is 19.1 Å². The molecule has 0 unspecified atom stereocenters. The lowest BCUT2D eigenvalue weighted by atomic mass is 9.84. The summed E-state index contributed by atoms with van der Waals surface area (Å²) in [5, 5.41) is 9.97. The second-order valence-electron chi connectivity index (χ2n) is 8.43. The van der Waals surface area contributed by atoms with Crippen LogP contribution in [0.5, 0.6) is 11.5 Å². The third-order valence-corrected chi connectivity index (χ3v) is 6.07. The van der Waals surface area contributed by atoms with Crippen LogP contribution in [0.4, 0.5) is 0 Å². The molecule has 1 atom stereocenters. The molecule has 1 aliphatic heterocycles. The first-order valence-electron chi connectivity index (χ1n) is 10.6. The van der Waals surface area contributed by atoms with Crippen LogP contribution in [0.3, 0.4) is 0 Å². The first-order valence-corrected chi connectivity index (χ1v) is 10.6. The standard InChI is InChI=1S/C27H22O5/c1-15(2)16-3-5-17(6-4-16)21-13-24(29)32-23-12-11-20-26(30)22(14-31-27(20)25(21)23)18-7-9-19(28)10-8-18/h3-12,14-15,21,28H,13H2,1-2H3/t21-/m0/s1. The third kappa shape index (κ3) is 3.36. The zero-order valence-corrected chi connectivity index (χ0v) is 17.8. The number of carbonyl (C=O) groups is 1.